The van der Waals surface area contributed by atoms with Crippen LogP contribution in [0.15, 0.2) is 0 Å². The molecule has 0 aromatic carbocycles. The van der Waals surface area contributed by atoms with E-state index >= 15 is 0 Å². The van der Waals surface area contributed by atoms with Gasteiger partial charge in [-0.1, -0.05) is 6.92 Å². The molecule has 0 radical (unpaired) electrons. The Morgan fingerprint density at radius 2 is 1.88 bits per heavy atom. The van der Waals surface area contributed by atoms with Gasteiger partial charge in [0.05, 0.1) is 12.5 Å². The minimum absolute atomic E-state index is 0.0916. The molecule has 94 valence electrons. The summed E-state index contributed by atoms with van der Waals surface area (Å²) in [6.07, 6.45) is 0.455. The molecule has 0 saturated heterocycles. The fourth-order valence-electron chi connectivity index (χ4n) is 0.960. The lowest BCUT2D eigenvalue weighted by Gasteiger charge is -2.20. The summed E-state index contributed by atoms with van der Waals surface area (Å²) in [6, 6.07) is 0. The van der Waals surface area contributed by atoms with Crippen LogP contribution in [0, 0.1) is 5.92 Å². The Morgan fingerprint density at radius 1 is 1.31 bits per heavy atom. The van der Waals surface area contributed by atoms with Crippen LogP contribution in [0.3, 0.4) is 0 Å². The van der Waals surface area contributed by atoms with E-state index < -0.39 is 11.9 Å². The summed E-state index contributed by atoms with van der Waals surface area (Å²) < 4.78 is 0. The van der Waals surface area contributed by atoms with Crippen molar-refractivity contribution in [2.45, 2.75) is 39.7 Å². The average molecular weight is 230 g/mol. The number of carboxylic acid groups (broad SMARTS) is 1. The number of carbonyl (C=O) groups is 2. The van der Waals surface area contributed by atoms with Crippen LogP contribution >= 0.6 is 0 Å². The van der Waals surface area contributed by atoms with Gasteiger partial charge in [0.1, 0.15) is 0 Å². The van der Waals surface area contributed by atoms with E-state index in [-0.39, 0.29) is 18.0 Å². The van der Waals surface area contributed by atoms with Gasteiger partial charge in [0.2, 0.25) is 5.91 Å². The fraction of sp³-hybridized carbons (Fsp3) is 0.818. The van der Waals surface area contributed by atoms with E-state index in [1.807, 2.05) is 20.8 Å². The zero-order valence-electron chi connectivity index (χ0n) is 10.5. The Kier molecular flexibility index (Phi) is 6.03. The van der Waals surface area contributed by atoms with Crippen molar-refractivity contribution in [2.24, 2.45) is 5.92 Å². The van der Waals surface area contributed by atoms with Crippen LogP contribution in [0.4, 0.5) is 0 Å². The van der Waals surface area contributed by atoms with Crippen molar-refractivity contribution in [1.29, 1.82) is 0 Å². The number of carbonyl (C=O) groups excluding carboxylic acids is 1. The highest BCUT2D eigenvalue weighted by molar-refractivity contribution is 5.78. The molecule has 0 saturated carbocycles. The molecule has 1 amide bonds. The maximum atomic E-state index is 11.3. The van der Waals surface area contributed by atoms with Gasteiger partial charge in [-0.2, -0.15) is 0 Å². The second-order valence-electron chi connectivity index (χ2n) is 4.98. The van der Waals surface area contributed by atoms with E-state index in [9.17, 15) is 9.59 Å². The summed E-state index contributed by atoms with van der Waals surface area (Å²) in [7, 11) is 0. The summed E-state index contributed by atoms with van der Waals surface area (Å²) in [6.45, 7) is 8.22. The lowest BCUT2D eigenvalue weighted by atomic mass is 10.1. The Labute approximate surface area is 96.6 Å². The first kappa shape index (κ1) is 14.9. The molecule has 0 bridgehead atoms. The molecule has 0 rings (SSSR count). The van der Waals surface area contributed by atoms with Gasteiger partial charge in [0.25, 0.3) is 0 Å². The summed E-state index contributed by atoms with van der Waals surface area (Å²) in [4.78, 5) is 21.8. The van der Waals surface area contributed by atoms with Gasteiger partial charge in [0, 0.05) is 12.1 Å². The van der Waals surface area contributed by atoms with Crippen molar-refractivity contribution in [2.75, 3.05) is 13.1 Å². The smallest absolute Gasteiger partial charge is 0.306 e. The van der Waals surface area contributed by atoms with Crippen molar-refractivity contribution < 1.29 is 14.7 Å². The van der Waals surface area contributed by atoms with E-state index in [1.54, 1.807) is 6.92 Å². The van der Waals surface area contributed by atoms with E-state index in [0.717, 1.165) is 0 Å². The monoisotopic (exact) mass is 230 g/mol. The summed E-state index contributed by atoms with van der Waals surface area (Å²) in [5.74, 6) is -1.36. The predicted octanol–water partition coefficient (Wildman–Crippen LogP) is 0.601. The SMILES string of the molecule is CC(CCNC(=O)CNC(C)(C)C)C(=O)O. The highest BCUT2D eigenvalue weighted by Gasteiger charge is 2.13. The van der Waals surface area contributed by atoms with Crippen LogP contribution in [0.25, 0.3) is 0 Å². The number of carboxylic acids is 1. The topological polar surface area (TPSA) is 78.4 Å². The molecule has 16 heavy (non-hydrogen) atoms. The zero-order chi connectivity index (χ0) is 12.8. The normalized spacial score (nSPS) is 13.2. The number of nitrogens with one attached hydrogen (secondary N) is 2. The molecule has 0 aliphatic rings. The second-order valence-corrected chi connectivity index (χ2v) is 4.98. The van der Waals surface area contributed by atoms with Crippen LogP contribution in [-0.2, 0) is 9.59 Å². The minimum Gasteiger partial charge on any atom is -0.481 e. The Bertz CT molecular complexity index is 246. The Morgan fingerprint density at radius 3 is 2.31 bits per heavy atom. The summed E-state index contributed by atoms with van der Waals surface area (Å²) in [5.41, 5.74) is -0.0916. The first-order chi connectivity index (χ1) is 7.22. The first-order valence-electron chi connectivity index (χ1n) is 5.47. The molecule has 0 aromatic rings. The van der Waals surface area contributed by atoms with Crippen molar-refractivity contribution in [1.82, 2.24) is 10.6 Å². The Balaban J connectivity index is 3.63. The van der Waals surface area contributed by atoms with Crippen molar-refractivity contribution in [3.8, 4) is 0 Å². The average Bonchev–Trinajstić information content (AvgIpc) is 2.13. The minimum atomic E-state index is -0.831. The van der Waals surface area contributed by atoms with Gasteiger partial charge in [-0.15, -0.1) is 0 Å². The molecule has 0 aliphatic carbocycles. The fourth-order valence-corrected chi connectivity index (χ4v) is 0.960. The highest BCUT2D eigenvalue weighted by Crippen LogP contribution is 1.99. The third-order valence-electron chi connectivity index (χ3n) is 2.10. The van der Waals surface area contributed by atoms with Gasteiger partial charge in [0.15, 0.2) is 0 Å². The molecular formula is C11H22N2O3. The zero-order valence-corrected chi connectivity index (χ0v) is 10.5. The lowest BCUT2D eigenvalue weighted by molar-refractivity contribution is -0.141. The first-order valence-corrected chi connectivity index (χ1v) is 5.47. The standard InChI is InChI=1S/C11H22N2O3/c1-8(10(15)16)5-6-12-9(14)7-13-11(2,3)4/h8,13H,5-7H2,1-4H3,(H,12,14)(H,15,16). The van der Waals surface area contributed by atoms with Crippen LogP contribution in [0.2, 0.25) is 0 Å². The number of aliphatic carboxylic acids is 1. The van der Waals surface area contributed by atoms with Crippen molar-refractivity contribution in [3.05, 3.63) is 0 Å². The van der Waals surface area contributed by atoms with Gasteiger partial charge in [-0.05, 0) is 27.2 Å². The van der Waals surface area contributed by atoms with Crippen LogP contribution in [0.5, 0.6) is 0 Å². The summed E-state index contributed by atoms with van der Waals surface area (Å²) in [5, 5.41) is 14.4. The maximum Gasteiger partial charge on any atom is 0.306 e. The number of amides is 1. The molecule has 1 unspecified atom stereocenters. The molecule has 5 heteroatoms. The molecular weight excluding hydrogens is 208 g/mol. The number of rotatable bonds is 6. The molecule has 0 spiro atoms. The molecule has 3 N–H and O–H groups in total. The van der Waals surface area contributed by atoms with E-state index in [1.165, 1.54) is 0 Å². The predicted molar refractivity (Wildman–Crippen MR) is 62.2 cm³/mol. The molecule has 1 atom stereocenters. The molecule has 0 heterocycles. The third kappa shape index (κ3) is 8.23. The van der Waals surface area contributed by atoms with E-state index in [4.69, 9.17) is 5.11 Å². The summed E-state index contributed by atoms with van der Waals surface area (Å²) >= 11 is 0. The van der Waals surface area contributed by atoms with Crippen LogP contribution in [0.1, 0.15) is 34.1 Å². The van der Waals surface area contributed by atoms with Crippen LogP contribution < -0.4 is 10.6 Å². The van der Waals surface area contributed by atoms with Gasteiger partial charge >= 0.3 is 5.97 Å². The van der Waals surface area contributed by atoms with E-state index in [2.05, 4.69) is 10.6 Å². The molecule has 0 aliphatic heterocycles. The Hall–Kier alpha value is -1.10. The third-order valence-corrected chi connectivity index (χ3v) is 2.10. The molecule has 5 nitrogen and oxygen atoms in total. The maximum absolute atomic E-state index is 11.3. The second kappa shape index (κ2) is 6.48. The number of hydrogen-bond donors (Lipinski definition) is 3. The number of hydrogen-bond acceptors (Lipinski definition) is 3. The highest BCUT2D eigenvalue weighted by atomic mass is 16.4. The van der Waals surface area contributed by atoms with Crippen molar-refractivity contribution >= 4 is 11.9 Å². The molecule has 0 fully saturated rings. The quantitative estimate of drug-likeness (QED) is 0.624. The van der Waals surface area contributed by atoms with Gasteiger partial charge in [-0.3, -0.25) is 9.59 Å². The van der Waals surface area contributed by atoms with Crippen molar-refractivity contribution in [3.63, 3.8) is 0 Å². The van der Waals surface area contributed by atoms with Gasteiger partial charge < -0.3 is 15.7 Å². The lowest BCUT2D eigenvalue weighted by Crippen LogP contribution is -2.43. The largest absolute Gasteiger partial charge is 0.481 e. The van der Waals surface area contributed by atoms with Gasteiger partial charge in [-0.25, -0.2) is 0 Å². The van der Waals surface area contributed by atoms with Crippen LogP contribution in [-0.4, -0.2) is 35.6 Å². The molecule has 0 aromatic heterocycles. The van der Waals surface area contributed by atoms with E-state index in [0.29, 0.717) is 13.0 Å².